The largest absolute Gasteiger partial charge is 0.371 e. The molecule has 0 unspecified atom stereocenters. The summed E-state index contributed by atoms with van der Waals surface area (Å²) >= 11 is 0. The molecular weight excluding hydrogens is 356 g/mol. The second-order valence-electron chi connectivity index (χ2n) is 6.86. The van der Waals surface area contributed by atoms with Crippen LogP contribution in [-0.2, 0) is 9.59 Å². The average molecular weight is 380 g/mol. The lowest BCUT2D eigenvalue weighted by atomic mass is 10.1. The topological polar surface area (TPSA) is 90.5 Å². The van der Waals surface area contributed by atoms with Crippen LogP contribution in [-0.4, -0.2) is 30.8 Å². The number of hydrogen-bond acceptors (Lipinski definition) is 4. The molecule has 0 spiro atoms. The Balaban J connectivity index is 1.82. The van der Waals surface area contributed by atoms with Gasteiger partial charge in [-0.2, -0.15) is 0 Å². The molecule has 28 heavy (non-hydrogen) atoms. The van der Waals surface area contributed by atoms with Crippen LogP contribution >= 0.6 is 0 Å². The first-order valence-corrected chi connectivity index (χ1v) is 9.27. The van der Waals surface area contributed by atoms with Gasteiger partial charge in [-0.15, -0.1) is 0 Å². The van der Waals surface area contributed by atoms with E-state index >= 15 is 0 Å². The third-order valence-electron chi connectivity index (χ3n) is 4.41. The van der Waals surface area contributed by atoms with Crippen molar-refractivity contribution in [2.45, 2.75) is 26.7 Å². The highest BCUT2D eigenvalue weighted by Crippen LogP contribution is 2.25. The van der Waals surface area contributed by atoms with Crippen LogP contribution in [0, 0.1) is 0 Å². The number of amides is 3. The summed E-state index contributed by atoms with van der Waals surface area (Å²) in [6, 6.07) is 12.5. The van der Waals surface area contributed by atoms with E-state index in [1.807, 2.05) is 24.3 Å². The highest BCUT2D eigenvalue weighted by atomic mass is 16.2. The Hall–Kier alpha value is -3.35. The molecule has 1 saturated heterocycles. The van der Waals surface area contributed by atoms with Crippen LogP contribution < -0.4 is 20.9 Å². The molecule has 7 heteroatoms. The Morgan fingerprint density at radius 1 is 0.786 bits per heavy atom. The number of carbonyl (C=O) groups excluding carboxylic acids is 3. The molecule has 0 saturated carbocycles. The van der Waals surface area contributed by atoms with Crippen LogP contribution in [0.15, 0.2) is 42.5 Å². The number of rotatable bonds is 5. The van der Waals surface area contributed by atoms with Crippen molar-refractivity contribution in [3.8, 4) is 0 Å². The minimum Gasteiger partial charge on any atom is -0.371 e. The summed E-state index contributed by atoms with van der Waals surface area (Å²) in [6.45, 7) is 4.82. The van der Waals surface area contributed by atoms with Gasteiger partial charge in [-0.05, 0) is 49.2 Å². The van der Waals surface area contributed by atoms with Crippen LogP contribution in [0.2, 0.25) is 0 Å². The molecule has 2 aromatic rings. The Bertz CT molecular complexity index is 870. The Morgan fingerprint density at radius 2 is 1.39 bits per heavy atom. The highest BCUT2D eigenvalue weighted by Gasteiger charge is 2.14. The molecule has 3 N–H and O–H groups in total. The number of nitrogens with zero attached hydrogens (tertiary/aromatic N) is 1. The van der Waals surface area contributed by atoms with Gasteiger partial charge in [0.25, 0.3) is 5.91 Å². The van der Waals surface area contributed by atoms with Crippen LogP contribution in [0.1, 0.15) is 37.0 Å². The molecule has 0 aliphatic carbocycles. The fourth-order valence-electron chi connectivity index (χ4n) is 3.27. The lowest BCUT2D eigenvalue weighted by Gasteiger charge is -2.18. The first-order chi connectivity index (χ1) is 13.4. The van der Waals surface area contributed by atoms with E-state index in [-0.39, 0.29) is 17.7 Å². The molecule has 1 aliphatic heterocycles. The van der Waals surface area contributed by atoms with E-state index in [0.29, 0.717) is 22.6 Å². The maximum Gasteiger partial charge on any atom is 0.255 e. The normalized spacial score (nSPS) is 13.1. The molecule has 0 atom stereocenters. The number of carbonyl (C=O) groups is 3. The summed E-state index contributed by atoms with van der Waals surface area (Å²) in [4.78, 5) is 37.8. The molecule has 1 fully saturated rings. The summed E-state index contributed by atoms with van der Waals surface area (Å²) in [7, 11) is 0. The van der Waals surface area contributed by atoms with Gasteiger partial charge in [0, 0.05) is 55.2 Å². The van der Waals surface area contributed by atoms with Crippen LogP contribution in [0.3, 0.4) is 0 Å². The number of nitrogens with one attached hydrogen (secondary N) is 3. The van der Waals surface area contributed by atoms with E-state index in [0.717, 1.165) is 18.8 Å². The molecule has 1 aliphatic rings. The number of hydrogen-bond donors (Lipinski definition) is 3. The standard InChI is InChI=1S/C21H24N4O3/c1-14(26)22-18-10-16(11-19(12-18)23-15(2)27)21(28)24-17-6-5-7-20(13-17)25-8-3-4-9-25/h5-7,10-13H,3-4,8-9H2,1-2H3,(H,22,26)(H,23,27)(H,24,28). The fraction of sp³-hybridized carbons (Fsp3) is 0.286. The van der Waals surface area contributed by atoms with Crippen molar-refractivity contribution in [2.75, 3.05) is 33.9 Å². The molecule has 0 radical (unpaired) electrons. The summed E-state index contributed by atoms with van der Waals surface area (Å²) < 4.78 is 0. The van der Waals surface area contributed by atoms with Gasteiger partial charge in [0.15, 0.2) is 0 Å². The maximum atomic E-state index is 12.8. The first kappa shape index (κ1) is 19.4. The molecule has 146 valence electrons. The third-order valence-corrected chi connectivity index (χ3v) is 4.41. The zero-order valence-electron chi connectivity index (χ0n) is 16.0. The maximum absolute atomic E-state index is 12.8. The SMILES string of the molecule is CC(=O)Nc1cc(NC(C)=O)cc(C(=O)Nc2cccc(N3CCCC3)c2)c1. The molecule has 0 bridgehead atoms. The Labute approximate surface area is 164 Å². The van der Waals surface area contributed by atoms with Gasteiger partial charge in [0.1, 0.15) is 0 Å². The average Bonchev–Trinajstić information content (AvgIpc) is 3.15. The molecule has 2 aromatic carbocycles. The Morgan fingerprint density at radius 3 is 1.96 bits per heavy atom. The number of anilines is 4. The Kier molecular flexibility index (Phi) is 5.93. The van der Waals surface area contributed by atoms with Crippen molar-refractivity contribution in [1.29, 1.82) is 0 Å². The molecule has 3 amide bonds. The van der Waals surface area contributed by atoms with E-state index in [9.17, 15) is 14.4 Å². The minimum absolute atomic E-state index is 0.260. The van der Waals surface area contributed by atoms with Gasteiger partial charge < -0.3 is 20.9 Å². The van der Waals surface area contributed by atoms with E-state index in [2.05, 4.69) is 20.9 Å². The van der Waals surface area contributed by atoms with Gasteiger partial charge in [-0.25, -0.2) is 0 Å². The summed E-state index contributed by atoms with van der Waals surface area (Å²) in [5, 5.41) is 8.19. The molecular formula is C21H24N4O3. The fourth-order valence-corrected chi connectivity index (χ4v) is 3.27. The van der Waals surface area contributed by atoms with Crippen molar-refractivity contribution in [3.05, 3.63) is 48.0 Å². The molecule has 3 rings (SSSR count). The van der Waals surface area contributed by atoms with Crippen LogP contribution in [0.5, 0.6) is 0 Å². The van der Waals surface area contributed by atoms with Crippen LogP contribution in [0.25, 0.3) is 0 Å². The zero-order valence-corrected chi connectivity index (χ0v) is 16.0. The van der Waals surface area contributed by atoms with Crippen molar-refractivity contribution < 1.29 is 14.4 Å². The van der Waals surface area contributed by atoms with Gasteiger partial charge in [-0.3, -0.25) is 14.4 Å². The summed E-state index contributed by atoms with van der Waals surface area (Å²) in [5.41, 5.74) is 2.99. The lowest BCUT2D eigenvalue weighted by molar-refractivity contribution is -0.115. The van der Waals surface area contributed by atoms with Gasteiger partial charge in [-0.1, -0.05) is 6.07 Å². The predicted molar refractivity (Wildman–Crippen MR) is 111 cm³/mol. The smallest absolute Gasteiger partial charge is 0.255 e. The van der Waals surface area contributed by atoms with Gasteiger partial charge >= 0.3 is 0 Å². The molecule has 1 heterocycles. The number of benzene rings is 2. The van der Waals surface area contributed by atoms with Gasteiger partial charge in [0.2, 0.25) is 11.8 Å². The van der Waals surface area contributed by atoms with Crippen molar-refractivity contribution in [2.24, 2.45) is 0 Å². The van der Waals surface area contributed by atoms with Gasteiger partial charge in [0.05, 0.1) is 0 Å². The van der Waals surface area contributed by atoms with E-state index in [4.69, 9.17) is 0 Å². The molecule has 0 aromatic heterocycles. The predicted octanol–water partition coefficient (Wildman–Crippen LogP) is 3.46. The quantitative estimate of drug-likeness (QED) is 0.741. The van der Waals surface area contributed by atoms with Crippen molar-refractivity contribution in [1.82, 2.24) is 0 Å². The summed E-state index contributed by atoms with van der Waals surface area (Å²) in [5.74, 6) is -0.841. The first-order valence-electron chi connectivity index (χ1n) is 9.27. The van der Waals surface area contributed by atoms with Crippen molar-refractivity contribution >= 4 is 40.5 Å². The van der Waals surface area contributed by atoms with E-state index in [1.165, 1.54) is 26.7 Å². The van der Waals surface area contributed by atoms with E-state index in [1.54, 1.807) is 18.2 Å². The second kappa shape index (κ2) is 8.56. The lowest BCUT2D eigenvalue weighted by Crippen LogP contribution is -2.18. The van der Waals surface area contributed by atoms with Crippen molar-refractivity contribution in [3.63, 3.8) is 0 Å². The zero-order chi connectivity index (χ0) is 20.1. The van der Waals surface area contributed by atoms with Crippen LogP contribution in [0.4, 0.5) is 22.7 Å². The third kappa shape index (κ3) is 5.09. The second-order valence-corrected chi connectivity index (χ2v) is 6.86. The minimum atomic E-state index is -0.322. The van der Waals surface area contributed by atoms with E-state index < -0.39 is 0 Å². The highest BCUT2D eigenvalue weighted by molar-refractivity contribution is 6.07. The summed E-state index contributed by atoms with van der Waals surface area (Å²) in [6.07, 6.45) is 2.36. The monoisotopic (exact) mass is 380 g/mol. The molecule has 7 nitrogen and oxygen atoms in total.